The molecule has 0 aromatic rings. The average molecular weight is 181 g/mol. The number of hydrogen-bond donors (Lipinski definition) is 1. The Balaban J connectivity index is 2.03. The summed E-state index contributed by atoms with van der Waals surface area (Å²) in [6, 6.07) is 0. The van der Waals surface area contributed by atoms with Crippen LogP contribution in [0.3, 0.4) is 0 Å². The van der Waals surface area contributed by atoms with Crippen LogP contribution in [0.5, 0.6) is 0 Å². The number of ether oxygens (including phenoxy) is 1. The maximum Gasteiger partial charge on any atom is 0.201 e. The van der Waals surface area contributed by atoms with Gasteiger partial charge in [0.25, 0.3) is 0 Å². The third-order valence-corrected chi connectivity index (χ3v) is 2.80. The van der Waals surface area contributed by atoms with Crippen LogP contribution >= 0.6 is 0 Å². The number of carbonyl (C=O) groups is 1. The lowest BCUT2D eigenvalue weighted by Crippen LogP contribution is -2.23. The molecule has 2 atom stereocenters. The minimum absolute atomic E-state index is 0.129. The number of hydrogen-bond acceptors (Lipinski definition) is 3. The highest BCUT2D eigenvalue weighted by molar-refractivity contribution is 5.96. The molecule has 0 saturated carbocycles. The second-order valence-corrected chi connectivity index (χ2v) is 3.81. The van der Waals surface area contributed by atoms with Gasteiger partial charge in [-0.25, -0.2) is 0 Å². The fourth-order valence-electron chi connectivity index (χ4n) is 1.93. The summed E-state index contributed by atoms with van der Waals surface area (Å²) >= 11 is 0. The summed E-state index contributed by atoms with van der Waals surface area (Å²) in [6.45, 7) is 4.54. The zero-order chi connectivity index (χ0) is 9.26. The molecular weight excluding hydrogens is 166 g/mol. The van der Waals surface area contributed by atoms with Crippen molar-refractivity contribution < 1.29 is 9.53 Å². The number of allylic oxidation sites excluding steroid dienone is 1. The van der Waals surface area contributed by atoms with Crippen molar-refractivity contribution >= 4 is 5.78 Å². The molecule has 0 aromatic heterocycles. The molecule has 2 aliphatic heterocycles. The predicted octanol–water partition coefficient (Wildman–Crippen LogP) is 0.715. The Kier molecular flexibility index (Phi) is 2.36. The molecule has 1 N–H and O–H groups in total. The second kappa shape index (κ2) is 3.50. The van der Waals surface area contributed by atoms with Crippen LogP contribution in [0.4, 0.5) is 0 Å². The Morgan fingerprint density at radius 3 is 3.00 bits per heavy atom. The largest absolute Gasteiger partial charge is 0.490 e. The van der Waals surface area contributed by atoms with Crippen molar-refractivity contribution in [2.45, 2.75) is 13.3 Å². The van der Waals surface area contributed by atoms with Crippen LogP contribution in [0.2, 0.25) is 0 Å². The number of nitrogens with one attached hydrogen (secondary N) is 1. The van der Waals surface area contributed by atoms with Gasteiger partial charge in [0.1, 0.15) is 0 Å². The van der Waals surface area contributed by atoms with E-state index < -0.39 is 0 Å². The summed E-state index contributed by atoms with van der Waals surface area (Å²) in [7, 11) is 0. The first-order valence-electron chi connectivity index (χ1n) is 4.87. The van der Waals surface area contributed by atoms with Crippen LogP contribution in [-0.4, -0.2) is 25.5 Å². The molecular formula is C10H15NO2. The van der Waals surface area contributed by atoms with Crippen molar-refractivity contribution in [3.8, 4) is 0 Å². The topological polar surface area (TPSA) is 38.3 Å². The van der Waals surface area contributed by atoms with Gasteiger partial charge in [-0.15, -0.1) is 0 Å². The van der Waals surface area contributed by atoms with Gasteiger partial charge in [-0.2, -0.15) is 0 Å². The van der Waals surface area contributed by atoms with E-state index in [1.165, 1.54) is 0 Å². The molecule has 13 heavy (non-hydrogen) atoms. The van der Waals surface area contributed by atoms with Gasteiger partial charge in [-0.3, -0.25) is 4.79 Å². The van der Waals surface area contributed by atoms with Crippen molar-refractivity contribution in [1.29, 1.82) is 0 Å². The average Bonchev–Trinajstić information content (AvgIpc) is 2.72. The molecule has 2 rings (SSSR count). The zero-order valence-corrected chi connectivity index (χ0v) is 7.88. The molecule has 3 nitrogen and oxygen atoms in total. The Morgan fingerprint density at radius 1 is 1.62 bits per heavy atom. The van der Waals surface area contributed by atoms with Crippen molar-refractivity contribution in [3.05, 3.63) is 11.8 Å². The fraction of sp³-hybridized carbons (Fsp3) is 0.700. The van der Waals surface area contributed by atoms with Crippen LogP contribution in [0.1, 0.15) is 13.3 Å². The molecule has 0 aromatic carbocycles. The maximum atomic E-state index is 11.8. The van der Waals surface area contributed by atoms with Gasteiger partial charge >= 0.3 is 0 Å². The minimum Gasteiger partial charge on any atom is -0.490 e. The maximum absolute atomic E-state index is 11.8. The van der Waals surface area contributed by atoms with Gasteiger partial charge in [0, 0.05) is 18.9 Å². The first kappa shape index (κ1) is 8.75. The highest BCUT2D eigenvalue weighted by Gasteiger charge is 2.32. The fourth-order valence-corrected chi connectivity index (χ4v) is 1.93. The van der Waals surface area contributed by atoms with E-state index in [9.17, 15) is 4.79 Å². The number of rotatable bonds is 2. The predicted molar refractivity (Wildman–Crippen MR) is 49.2 cm³/mol. The summed E-state index contributed by atoms with van der Waals surface area (Å²) in [5.74, 6) is 1.36. The third kappa shape index (κ3) is 1.61. The van der Waals surface area contributed by atoms with Crippen LogP contribution in [0.25, 0.3) is 0 Å². The lowest BCUT2D eigenvalue weighted by Gasteiger charge is -2.12. The summed E-state index contributed by atoms with van der Waals surface area (Å²) in [5, 5.41) is 3.22. The van der Waals surface area contributed by atoms with E-state index >= 15 is 0 Å². The first-order valence-corrected chi connectivity index (χ1v) is 4.87. The molecule has 3 heteroatoms. The van der Waals surface area contributed by atoms with Crippen molar-refractivity contribution in [2.24, 2.45) is 11.8 Å². The van der Waals surface area contributed by atoms with E-state index in [0.29, 0.717) is 18.3 Å². The highest BCUT2D eigenvalue weighted by Crippen LogP contribution is 2.23. The molecule has 0 amide bonds. The van der Waals surface area contributed by atoms with Crippen LogP contribution < -0.4 is 5.32 Å². The monoisotopic (exact) mass is 181 g/mol. The van der Waals surface area contributed by atoms with Gasteiger partial charge in [0.2, 0.25) is 5.78 Å². The van der Waals surface area contributed by atoms with Gasteiger partial charge in [-0.1, -0.05) is 6.92 Å². The molecule has 2 heterocycles. The summed E-state index contributed by atoms with van der Waals surface area (Å²) in [4.78, 5) is 11.8. The van der Waals surface area contributed by atoms with Crippen LogP contribution in [0, 0.1) is 11.8 Å². The molecule has 1 fully saturated rings. The van der Waals surface area contributed by atoms with E-state index in [4.69, 9.17) is 4.74 Å². The van der Waals surface area contributed by atoms with Gasteiger partial charge < -0.3 is 10.1 Å². The Labute approximate surface area is 78.1 Å². The number of carbonyl (C=O) groups excluding carboxylic acids is 1. The van der Waals surface area contributed by atoms with Crippen molar-refractivity contribution in [3.63, 3.8) is 0 Å². The summed E-state index contributed by atoms with van der Waals surface area (Å²) in [5.41, 5.74) is 0. The minimum atomic E-state index is 0.129. The van der Waals surface area contributed by atoms with Crippen molar-refractivity contribution in [1.82, 2.24) is 5.32 Å². The molecule has 2 unspecified atom stereocenters. The Bertz CT molecular complexity index is 247. The van der Waals surface area contributed by atoms with Gasteiger partial charge in [0.05, 0.1) is 6.61 Å². The van der Waals surface area contributed by atoms with E-state index in [1.54, 1.807) is 0 Å². The molecule has 2 aliphatic rings. The standard InChI is InChI=1S/C10H15NO2/c1-7-5-11-6-8(7)10(12)9-3-2-4-13-9/h3,7-8,11H,2,4-6H2,1H3. The van der Waals surface area contributed by atoms with Crippen LogP contribution in [0.15, 0.2) is 11.8 Å². The molecule has 0 aliphatic carbocycles. The smallest absolute Gasteiger partial charge is 0.201 e. The molecule has 0 radical (unpaired) electrons. The van der Waals surface area contributed by atoms with Crippen LogP contribution in [-0.2, 0) is 9.53 Å². The quantitative estimate of drug-likeness (QED) is 0.682. The SMILES string of the molecule is CC1CNCC1C(=O)C1=CCCO1. The lowest BCUT2D eigenvalue weighted by atomic mass is 9.92. The molecule has 72 valence electrons. The molecule has 1 saturated heterocycles. The molecule has 0 bridgehead atoms. The van der Waals surface area contributed by atoms with E-state index in [2.05, 4.69) is 12.2 Å². The van der Waals surface area contributed by atoms with Crippen molar-refractivity contribution in [2.75, 3.05) is 19.7 Å². The highest BCUT2D eigenvalue weighted by atomic mass is 16.5. The zero-order valence-electron chi connectivity index (χ0n) is 7.88. The van der Waals surface area contributed by atoms with E-state index in [-0.39, 0.29) is 11.7 Å². The summed E-state index contributed by atoms with van der Waals surface area (Å²) < 4.78 is 5.26. The number of Topliss-reactive ketones (excluding diaryl/α,β-unsaturated/α-hetero) is 1. The van der Waals surface area contributed by atoms with Gasteiger partial charge in [-0.05, 0) is 18.5 Å². The van der Waals surface area contributed by atoms with E-state index in [0.717, 1.165) is 19.5 Å². The first-order chi connectivity index (χ1) is 6.29. The number of ketones is 1. The third-order valence-electron chi connectivity index (χ3n) is 2.80. The Hall–Kier alpha value is -0.830. The normalized spacial score (nSPS) is 32.8. The second-order valence-electron chi connectivity index (χ2n) is 3.81. The summed E-state index contributed by atoms with van der Waals surface area (Å²) in [6.07, 6.45) is 2.79. The molecule has 0 spiro atoms. The Morgan fingerprint density at radius 2 is 2.46 bits per heavy atom. The lowest BCUT2D eigenvalue weighted by molar-refractivity contribution is -0.122. The van der Waals surface area contributed by atoms with E-state index in [1.807, 2.05) is 6.08 Å². The van der Waals surface area contributed by atoms with Gasteiger partial charge in [0.15, 0.2) is 5.76 Å².